The lowest BCUT2D eigenvalue weighted by atomic mass is 9.81. The average molecular weight is 480 g/mol. The smallest absolute Gasteiger partial charge is 0.340 e. The number of hydrogen-bond donors (Lipinski definition) is 1. The van der Waals surface area contributed by atoms with Crippen LogP contribution >= 0.6 is 0 Å². The third kappa shape index (κ3) is 4.97. The Morgan fingerprint density at radius 1 is 0.778 bits per heavy atom. The van der Waals surface area contributed by atoms with E-state index in [1.54, 1.807) is 6.92 Å². The van der Waals surface area contributed by atoms with Crippen LogP contribution < -0.4 is 5.73 Å². The molecule has 0 aliphatic heterocycles. The fourth-order valence-corrected chi connectivity index (χ4v) is 4.26. The molecule has 36 heavy (non-hydrogen) atoms. The molecule has 5 heteroatoms. The number of nitrogen functional groups attached to an aromatic ring is 1. The van der Waals surface area contributed by atoms with Crippen LogP contribution in [0.15, 0.2) is 48.5 Å². The van der Waals surface area contributed by atoms with Crippen LogP contribution in [0.3, 0.4) is 0 Å². The van der Waals surface area contributed by atoms with E-state index >= 15 is 0 Å². The first-order chi connectivity index (χ1) is 16.8. The van der Waals surface area contributed by atoms with Gasteiger partial charge in [0.1, 0.15) is 12.1 Å². The number of nitrogens with zero attached hydrogens (tertiary/aromatic N) is 2. The molecule has 0 aliphatic rings. The molecule has 0 radical (unpaired) electrons. The van der Waals surface area contributed by atoms with E-state index < -0.39 is 5.97 Å². The minimum Gasteiger partial charge on any atom is -0.462 e. The number of rotatable bonds is 4. The Labute approximate surface area is 214 Å². The van der Waals surface area contributed by atoms with Crippen molar-refractivity contribution in [3.05, 3.63) is 76.3 Å². The molecule has 0 heterocycles. The zero-order chi connectivity index (χ0) is 26.8. The Balaban J connectivity index is 2.48. The fraction of sp³-hybridized carbons (Fsp3) is 0.323. The quantitative estimate of drug-likeness (QED) is 0.317. The maximum atomic E-state index is 13.3. The van der Waals surface area contributed by atoms with E-state index in [0.717, 1.165) is 16.7 Å². The van der Waals surface area contributed by atoms with Gasteiger partial charge in [-0.1, -0.05) is 90.1 Å². The maximum absolute atomic E-state index is 13.3. The molecule has 0 amide bonds. The largest absolute Gasteiger partial charge is 0.462 e. The molecule has 0 aromatic heterocycles. The number of ether oxygens (including phenoxy) is 1. The Kier molecular flexibility index (Phi) is 7.27. The molecule has 0 atom stereocenters. The summed E-state index contributed by atoms with van der Waals surface area (Å²) in [5.41, 5.74) is 11.1. The molecule has 0 spiro atoms. The van der Waals surface area contributed by atoms with E-state index in [1.165, 1.54) is 0 Å². The lowest BCUT2D eigenvalue weighted by Crippen LogP contribution is -2.14. The fourth-order valence-electron chi connectivity index (χ4n) is 4.26. The average Bonchev–Trinajstić information content (AvgIpc) is 2.82. The van der Waals surface area contributed by atoms with Crippen molar-refractivity contribution in [2.45, 2.75) is 59.3 Å². The third-order valence-electron chi connectivity index (χ3n) is 6.32. The molecule has 3 aromatic rings. The summed E-state index contributed by atoms with van der Waals surface area (Å²) in [6.07, 6.45) is 0. The molecule has 2 N–H and O–H groups in total. The van der Waals surface area contributed by atoms with Gasteiger partial charge in [-0.15, -0.1) is 0 Å². The molecule has 0 bridgehead atoms. The van der Waals surface area contributed by atoms with Crippen molar-refractivity contribution in [1.82, 2.24) is 0 Å². The molecule has 3 rings (SSSR count). The summed E-state index contributed by atoms with van der Waals surface area (Å²) in [5, 5.41) is 20.2. The van der Waals surface area contributed by atoms with Crippen LogP contribution in [0.2, 0.25) is 0 Å². The minimum absolute atomic E-state index is 0.0204. The van der Waals surface area contributed by atoms with Crippen molar-refractivity contribution >= 4 is 11.7 Å². The molecular weight excluding hydrogens is 446 g/mol. The summed E-state index contributed by atoms with van der Waals surface area (Å²) in [6.45, 7) is 14.6. The van der Waals surface area contributed by atoms with E-state index in [1.807, 2.05) is 48.5 Å². The number of benzene rings is 3. The van der Waals surface area contributed by atoms with Gasteiger partial charge in [0.2, 0.25) is 0 Å². The zero-order valence-electron chi connectivity index (χ0n) is 22.1. The number of nitriles is 2. The first kappa shape index (κ1) is 26.5. The highest BCUT2D eigenvalue weighted by atomic mass is 16.5. The van der Waals surface area contributed by atoms with Crippen LogP contribution in [0.25, 0.3) is 22.3 Å². The molecule has 0 unspecified atom stereocenters. The van der Waals surface area contributed by atoms with Gasteiger partial charge in [0.15, 0.2) is 0 Å². The molecule has 0 saturated heterocycles. The van der Waals surface area contributed by atoms with Gasteiger partial charge >= 0.3 is 5.97 Å². The molecule has 5 nitrogen and oxygen atoms in total. The lowest BCUT2D eigenvalue weighted by Gasteiger charge is -2.23. The van der Waals surface area contributed by atoms with Crippen LogP contribution in [0.5, 0.6) is 0 Å². The number of hydrogen-bond acceptors (Lipinski definition) is 5. The summed E-state index contributed by atoms with van der Waals surface area (Å²) < 4.78 is 5.37. The van der Waals surface area contributed by atoms with Crippen molar-refractivity contribution in [1.29, 1.82) is 10.5 Å². The van der Waals surface area contributed by atoms with Crippen molar-refractivity contribution in [2.75, 3.05) is 12.3 Å². The van der Waals surface area contributed by atoms with Crippen molar-refractivity contribution in [2.24, 2.45) is 0 Å². The van der Waals surface area contributed by atoms with E-state index in [4.69, 9.17) is 10.5 Å². The van der Waals surface area contributed by atoms with Crippen LogP contribution in [-0.2, 0) is 15.6 Å². The van der Waals surface area contributed by atoms with Crippen LogP contribution in [-0.4, -0.2) is 12.6 Å². The Hall–Kier alpha value is -4.09. The van der Waals surface area contributed by atoms with Gasteiger partial charge in [-0.05, 0) is 40.0 Å². The monoisotopic (exact) mass is 479 g/mol. The highest BCUT2D eigenvalue weighted by Crippen LogP contribution is 2.44. The molecule has 3 aromatic carbocycles. The number of nitrogens with two attached hydrogens (primary N) is 1. The number of carbonyl (C=O) groups is 1. The first-order valence-electron chi connectivity index (χ1n) is 12.0. The maximum Gasteiger partial charge on any atom is 0.340 e. The van der Waals surface area contributed by atoms with Gasteiger partial charge in [-0.2, -0.15) is 10.5 Å². The summed E-state index contributed by atoms with van der Waals surface area (Å²) in [4.78, 5) is 13.3. The zero-order valence-corrected chi connectivity index (χ0v) is 22.1. The predicted octanol–water partition coefficient (Wildman–Crippen LogP) is 7.12. The second kappa shape index (κ2) is 9.88. The van der Waals surface area contributed by atoms with Gasteiger partial charge in [0.25, 0.3) is 0 Å². The van der Waals surface area contributed by atoms with Crippen LogP contribution in [0.4, 0.5) is 5.69 Å². The predicted molar refractivity (Wildman–Crippen MR) is 145 cm³/mol. The second-order valence-corrected chi connectivity index (χ2v) is 10.9. The summed E-state index contributed by atoms with van der Waals surface area (Å²) >= 11 is 0. The topological polar surface area (TPSA) is 99.9 Å². The summed E-state index contributed by atoms with van der Waals surface area (Å²) in [6, 6.07) is 20.0. The standard InChI is InChI=1S/C31H33N3O2/c1-8-36-29(35)27-24(18-33)28(34)23(17-32)25(19-9-13-21(14-10-19)30(2,3)4)26(27)20-11-15-22(16-12-20)31(5,6)7/h9-16H,8,34H2,1-7H3. The Bertz CT molecular complexity index is 1370. The van der Waals surface area contributed by atoms with E-state index in [2.05, 4.69) is 53.7 Å². The van der Waals surface area contributed by atoms with Crippen LogP contribution in [0.1, 0.15) is 81.1 Å². The number of carbonyl (C=O) groups excluding carboxylic acids is 1. The normalized spacial score (nSPS) is 11.5. The molecule has 0 saturated carbocycles. The number of anilines is 1. The minimum atomic E-state index is -0.646. The number of esters is 1. The Morgan fingerprint density at radius 3 is 1.56 bits per heavy atom. The highest BCUT2D eigenvalue weighted by Gasteiger charge is 2.30. The van der Waals surface area contributed by atoms with Gasteiger partial charge in [0, 0.05) is 11.1 Å². The molecule has 0 aliphatic carbocycles. The summed E-state index contributed by atoms with van der Waals surface area (Å²) in [7, 11) is 0. The SMILES string of the molecule is CCOC(=O)c1c(C#N)c(N)c(C#N)c(-c2ccc(C(C)(C)C)cc2)c1-c1ccc(C(C)(C)C)cc1. The van der Waals surface area contributed by atoms with Gasteiger partial charge in [0.05, 0.1) is 29.0 Å². The van der Waals surface area contributed by atoms with Gasteiger partial charge in [-0.25, -0.2) is 4.79 Å². The first-order valence-corrected chi connectivity index (χ1v) is 12.0. The molecular formula is C31H33N3O2. The van der Waals surface area contributed by atoms with Crippen molar-refractivity contribution < 1.29 is 9.53 Å². The van der Waals surface area contributed by atoms with Gasteiger partial charge < -0.3 is 10.5 Å². The lowest BCUT2D eigenvalue weighted by molar-refractivity contribution is 0.0527. The van der Waals surface area contributed by atoms with E-state index in [9.17, 15) is 15.3 Å². The van der Waals surface area contributed by atoms with Crippen molar-refractivity contribution in [3.8, 4) is 34.4 Å². The Morgan fingerprint density at radius 2 is 1.19 bits per heavy atom. The van der Waals surface area contributed by atoms with E-state index in [0.29, 0.717) is 16.7 Å². The summed E-state index contributed by atoms with van der Waals surface area (Å²) in [5.74, 6) is -0.646. The van der Waals surface area contributed by atoms with Crippen molar-refractivity contribution in [3.63, 3.8) is 0 Å². The third-order valence-corrected chi connectivity index (χ3v) is 6.32. The molecule has 0 fully saturated rings. The van der Waals surface area contributed by atoms with Gasteiger partial charge in [-0.3, -0.25) is 0 Å². The highest BCUT2D eigenvalue weighted by molar-refractivity contribution is 6.08. The van der Waals surface area contributed by atoms with E-state index in [-0.39, 0.29) is 39.8 Å². The molecule has 184 valence electrons. The van der Waals surface area contributed by atoms with Crippen LogP contribution in [0, 0.1) is 22.7 Å². The second-order valence-electron chi connectivity index (χ2n) is 10.9.